The second-order valence-corrected chi connectivity index (χ2v) is 18.3. The molecule has 7 nitrogen and oxygen atoms in total. The third-order valence-electron chi connectivity index (χ3n) is 15.8. The zero-order valence-corrected chi connectivity index (χ0v) is 28.3. The molecule has 5 aliphatic carbocycles. The van der Waals surface area contributed by atoms with Crippen molar-refractivity contribution >= 4 is 5.97 Å². The number of fused-ring (bicyclic) bond motifs is 7. The van der Waals surface area contributed by atoms with E-state index >= 15 is 0 Å². The molecular formula is C37H60O7. The van der Waals surface area contributed by atoms with Gasteiger partial charge in [-0.15, -0.1) is 0 Å². The van der Waals surface area contributed by atoms with Crippen molar-refractivity contribution in [2.24, 2.45) is 56.2 Å². The fraction of sp³-hybridized carbons (Fsp3) is 0.919. The molecule has 1 saturated heterocycles. The van der Waals surface area contributed by atoms with Crippen LogP contribution in [0.1, 0.15) is 119 Å². The van der Waals surface area contributed by atoms with Crippen molar-refractivity contribution in [2.75, 3.05) is 6.61 Å². The van der Waals surface area contributed by atoms with Crippen LogP contribution in [0.15, 0.2) is 11.6 Å². The van der Waals surface area contributed by atoms with Crippen LogP contribution in [0.3, 0.4) is 0 Å². The van der Waals surface area contributed by atoms with Gasteiger partial charge in [0.15, 0.2) is 0 Å². The Morgan fingerprint density at radius 3 is 2.16 bits per heavy atom. The van der Waals surface area contributed by atoms with Crippen molar-refractivity contribution < 1.29 is 35.1 Å². The van der Waals surface area contributed by atoms with E-state index in [-0.39, 0.29) is 38.9 Å². The van der Waals surface area contributed by atoms with E-state index in [2.05, 4.69) is 54.5 Å². The summed E-state index contributed by atoms with van der Waals surface area (Å²) in [6.07, 6.45) is 7.70. The maximum atomic E-state index is 12.9. The lowest BCUT2D eigenvalue weighted by Crippen LogP contribution is -2.65. The molecule has 0 spiro atoms. The topological polar surface area (TPSA) is 127 Å². The number of allylic oxidation sites excluding steroid dienone is 2. The molecule has 0 aromatic carbocycles. The minimum atomic E-state index is -1.33. The molecule has 0 radical (unpaired) electrons. The number of rotatable bonds is 4. The summed E-state index contributed by atoms with van der Waals surface area (Å²) in [5, 5.41) is 52.0. The van der Waals surface area contributed by atoms with Crippen molar-refractivity contribution in [3.63, 3.8) is 0 Å². The minimum Gasteiger partial charge on any atom is -0.481 e. The van der Waals surface area contributed by atoms with Crippen LogP contribution in [-0.2, 0) is 9.53 Å². The summed E-state index contributed by atoms with van der Waals surface area (Å²) in [4.78, 5) is 12.9. The minimum absolute atomic E-state index is 0.00173. The van der Waals surface area contributed by atoms with Gasteiger partial charge in [-0.2, -0.15) is 0 Å². The largest absolute Gasteiger partial charge is 0.481 e. The summed E-state index contributed by atoms with van der Waals surface area (Å²) >= 11 is 0. The van der Waals surface area contributed by atoms with Crippen molar-refractivity contribution in [3.8, 4) is 0 Å². The number of carbonyl (C=O) groups is 1. The molecule has 1 heterocycles. The Balaban J connectivity index is 1.29. The van der Waals surface area contributed by atoms with Crippen LogP contribution >= 0.6 is 0 Å². The van der Waals surface area contributed by atoms with Crippen LogP contribution < -0.4 is 0 Å². The van der Waals surface area contributed by atoms with E-state index < -0.39 is 48.5 Å². The number of aliphatic carboxylic acids is 1. The second kappa shape index (κ2) is 10.5. The van der Waals surface area contributed by atoms with Gasteiger partial charge >= 0.3 is 5.97 Å². The van der Waals surface area contributed by atoms with Gasteiger partial charge in [0.05, 0.1) is 18.1 Å². The highest BCUT2D eigenvalue weighted by Gasteiger charge is 2.69. The summed E-state index contributed by atoms with van der Waals surface area (Å²) in [7, 11) is 0. The summed E-state index contributed by atoms with van der Waals surface area (Å²) in [5.41, 5.74) is 1.24. The highest BCUT2D eigenvalue weighted by atomic mass is 16.5. The van der Waals surface area contributed by atoms with Gasteiger partial charge in [-0.25, -0.2) is 0 Å². The van der Waals surface area contributed by atoms with Crippen LogP contribution in [0.2, 0.25) is 0 Å². The predicted molar refractivity (Wildman–Crippen MR) is 169 cm³/mol. The Kier molecular flexibility index (Phi) is 7.86. The lowest BCUT2D eigenvalue weighted by molar-refractivity contribution is -0.241. The molecular weight excluding hydrogens is 556 g/mol. The Labute approximate surface area is 264 Å². The monoisotopic (exact) mass is 616 g/mol. The maximum absolute atomic E-state index is 12.9. The van der Waals surface area contributed by atoms with Gasteiger partial charge in [0.25, 0.3) is 0 Å². The zero-order chi connectivity index (χ0) is 32.3. The third kappa shape index (κ3) is 4.41. The molecule has 1 aliphatic heterocycles. The molecule has 250 valence electrons. The van der Waals surface area contributed by atoms with Crippen LogP contribution in [0.25, 0.3) is 0 Å². The Bertz CT molecular complexity index is 1180. The number of carboxylic acid groups (broad SMARTS) is 1. The smallest absolute Gasteiger partial charge is 0.310 e. The van der Waals surface area contributed by atoms with Crippen molar-refractivity contribution in [2.45, 2.75) is 150 Å². The van der Waals surface area contributed by atoms with Crippen LogP contribution in [0.4, 0.5) is 0 Å². The Hall–Kier alpha value is -0.990. The first-order valence-corrected chi connectivity index (χ1v) is 17.6. The summed E-state index contributed by atoms with van der Waals surface area (Å²) in [6, 6.07) is 0. The molecule has 6 aliphatic rings. The Morgan fingerprint density at radius 2 is 1.50 bits per heavy atom. The summed E-state index contributed by atoms with van der Waals surface area (Å²) in [5.74, 6) is 0.835. The first-order chi connectivity index (χ1) is 20.4. The van der Waals surface area contributed by atoms with Crippen molar-refractivity contribution in [1.82, 2.24) is 0 Å². The van der Waals surface area contributed by atoms with Crippen LogP contribution in [0.5, 0.6) is 0 Å². The van der Waals surface area contributed by atoms with E-state index in [9.17, 15) is 30.3 Å². The highest BCUT2D eigenvalue weighted by molar-refractivity contribution is 5.76. The van der Waals surface area contributed by atoms with Crippen LogP contribution in [0, 0.1) is 56.2 Å². The van der Waals surface area contributed by atoms with Gasteiger partial charge in [0.1, 0.15) is 24.4 Å². The zero-order valence-electron chi connectivity index (χ0n) is 28.3. The Morgan fingerprint density at radius 1 is 0.841 bits per heavy atom. The predicted octanol–water partition coefficient (Wildman–Crippen LogP) is 5.72. The van der Waals surface area contributed by atoms with Crippen LogP contribution in [-0.4, -0.2) is 68.6 Å². The van der Waals surface area contributed by atoms with Crippen molar-refractivity contribution in [3.05, 3.63) is 11.6 Å². The molecule has 44 heavy (non-hydrogen) atoms. The van der Waals surface area contributed by atoms with E-state index in [0.29, 0.717) is 18.3 Å². The highest BCUT2D eigenvalue weighted by Crippen LogP contribution is 2.76. The summed E-state index contributed by atoms with van der Waals surface area (Å²) < 4.78 is 5.99. The number of carboxylic acids is 1. The average Bonchev–Trinajstić information content (AvgIpc) is 2.94. The average molecular weight is 617 g/mol. The number of aliphatic hydroxyl groups excluding tert-OH is 4. The normalized spacial score (nSPS) is 52.9. The molecule has 0 aromatic rings. The van der Waals surface area contributed by atoms with Gasteiger partial charge < -0.3 is 30.3 Å². The second-order valence-electron chi connectivity index (χ2n) is 18.3. The number of hydrogen-bond acceptors (Lipinski definition) is 6. The van der Waals surface area contributed by atoms with Gasteiger partial charge in [0, 0.05) is 0 Å². The van der Waals surface area contributed by atoms with Gasteiger partial charge in [-0.3, -0.25) is 4.79 Å². The third-order valence-corrected chi connectivity index (χ3v) is 15.8. The molecule has 7 heteroatoms. The number of aliphatic hydroxyl groups is 4. The van der Waals surface area contributed by atoms with Gasteiger partial charge in [-0.1, -0.05) is 60.1 Å². The molecule has 4 saturated carbocycles. The molecule has 5 N–H and O–H groups in total. The van der Waals surface area contributed by atoms with E-state index in [1.165, 1.54) is 5.57 Å². The van der Waals surface area contributed by atoms with Gasteiger partial charge in [0.2, 0.25) is 0 Å². The maximum Gasteiger partial charge on any atom is 0.310 e. The quantitative estimate of drug-likeness (QED) is 0.256. The molecule has 13 atom stereocenters. The molecule has 6 rings (SSSR count). The molecule has 0 aromatic heterocycles. The van der Waals surface area contributed by atoms with E-state index in [1.807, 2.05) is 0 Å². The molecule has 0 amide bonds. The first-order valence-electron chi connectivity index (χ1n) is 17.6. The summed E-state index contributed by atoms with van der Waals surface area (Å²) in [6.45, 7) is 16.6. The molecule has 0 bridgehead atoms. The van der Waals surface area contributed by atoms with E-state index in [0.717, 1.165) is 64.2 Å². The van der Waals surface area contributed by atoms with Crippen molar-refractivity contribution in [1.29, 1.82) is 0 Å². The number of hydrogen-bond donors (Lipinski definition) is 5. The standard InChI is InChI=1S/C37H60O7/c1-32(2)14-16-37(31(42)43)17-15-35(6)22(23(37)19-32)8-9-27-34(5)12-10-21(33(3,4)26(34)11-13-36(27,35)7)18-24-28(39)30(41)29(40)25(20-38)44-24/h8,21,23-30,38-41H,9-20H2,1-7H3,(H,42,43)/t21-,23?,24+,25?,26?,27?,28-,29+,30?,34-,35+,36+,37-/m0/s1. The fourth-order valence-electron chi connectivity index (χ4n) is 12.8. The first kappa shape index (κ1) is 32.9. The SMILES string of the molecule is CC1(C)CC[C@]2(C(=O)O)CC[C@]3(C)C(=CCC4[C@@]5(C)CC[C@@H](C[C@H]6OC(CO)[C@@H](O)C(O)[C@H]6O)C(C)(C)C5CC[C@]43C)C2C1. The molecule has 5 fully saturated rings. The fourth-order valence-corrected chi connectivity index (χ4v) is 12.8. The number of ether oxygens (including phenoxy) is 1. The molecule has 5 unspecified atom stereocenters. The lowest BCUT2D eigenvalue weighted by Gasteiger charge is -2.71. The van der Waals surface area contributed by atoms with E-state index in [1.54, 1.807) is 0 Å². The lowest BCUT2D eigenvalue weighted by atomic mass is 9.33. The van der Waals surface area contributed by atoms with Gasteiger partial charge in [-0.05, 0) is 121 Å². The van der Waals surface area contributed by atoms with E-state index in [4.69, 9.17) is 4.74 Å².